The molecule has 3 N–H and O–H groups in total. The molecule has 0 aliphatic carbocycles. The van der Waals surface area contributed by atoms with Gasteiger partial charge in [0.15, 0.2) is 12.2 Å². The zero-order chi connectivity index (χ0) is 74.4. The molecule has 0 saturated carbocycles. The number of hydrogen-bond acceptors (Lipinski definition) is 15. The molecule has 0 heterocycles. The summed E-state index contributed by atoms with van der Waals surface area (Å²) in [6.45, 7) is 12.0. The number of hydrogen-bond donors (Lipinski definition) is 3. The van der Waals surface area contributed by atoms with Gasteiger partial charge in [-0.25, -0.2) is 9.13 Å². The number of ether oxygens (including phenoxy) is 4. The van der Waals surface area contributed by atoms with Crippen molar-refractivity contribution >= 4 is 39.5 Å². The number of unbranched alkanes of at least 4 members (excludes halogenated alkanes) is 46. The second-order valence-electron chi connectivity index (χ2n) is 30.5. The Labute approximate surface area is 619 Å². The minimum Gasteiger partial charge on any atom is -0.462 e. The van der Waals surface area contributed by atoms with Gasteiger partial charge in [0.1, 0.15) is 19.3 Å². The van der Waals surface area contributed by atoms with Crippen LogP contribution in [0.4, 0.5) is 0 Å². The predicted octanol–water partition coefficient (Wildman–Crippen LogP) is 24.5. The van der Waals surface area contributed by atoms with Crippen LogP contribution in [0.5, 0.6) is 0 Å². The molecule has 0 aliphatic rings. The SMILES string of the molecule is CCCCCCCCCCCC(=O)OC[C@H](COP(=O)(O)OC[C@H](O)COP(=O)(O)OC[C@@H](COC(=O)CCCCCCCCCCCCCCCCC(C)CC)OC(=O)CCCCCCCCCCCCCCCCCCCCC(C)CC)OC(=O)CCCCCCCCCCCC(C)C. The maximum atomic E-state index is 13.1. The van der Waals surface area contributed by atoms with E-state index in [1.165, 1.54) is 238 Å². The minimum absolute atomic E-state index is 0.105. The monoisotopic (exact) mass is 1480 g/mol. The molecule has 0 aromatic heterocycles. The fourth-order valence-electron chi connectivity index (χ4n) is 12.6. The van der Waals surface area contributed by atoms with Crippen molar-refractivity contribution in [3.8, 4) is 0 Å². The Morgan fingerprint density at radius 3 is 0.752 bits per heavy atom. The second kappa shape index (κ2) is 72.3. The van der Waals surface area contributed by atoms with Crippen molar-refractivity contribution in [2.24, 2.45) is 17.8 Å². The van der Waals surface area contributed by atoms with E-state index >= 15 is 0 Å². The first-order valence-corrected chi connectivity index (χ1v) is 45.4. The Morgan fingerprint density at radius 1 is 0.287 bits per heavy atom. The molecule has 0 rings (SSSR count). The van der Waals surface area contributed by atoms with Crippen molar-refractivity contribution < 1.29 is 80.2 Å². The molecule has 0 aromatic rings. The molecule has 17 nitrogen and oxygen atoms in total. The highest BCUT2D eigenvalue weighted by atomic mass is 31.2. The van der Waals surface area contributed by atoms with Crippen LogP contribution >= 0.6 is 15.6 Å². The largest absolute Gasteiger partial charge is 0.472 e. The first-order valence-electron chi connectivity index (χ1n) is 42.4. The normalized spacial score (nSPS) is 14.5. The molecule has 0 aliphatic heterocycles. The Morgan fingerprint density at radius 2 is 0.505 bits per heavy atom. The van der Waals surface area contributed by atoms with Gasteiger partial charge < -0.3 is 33.8 Å². The van der Waals surface area contributed by atoms with Gasteiger partial charge in [0.2, 0.25) is 0 Å². The van der Waals surface area contributed by atoms with Gasteiger partial charge >= 0.3 is 39.5 Å². The summed E-state index contributed by atoms with van der Waals surface area (Å²) in [5, 5.41) is 10.6. The van der Waals surface area contributed by atoms with Gasteiger partial charge in [0, 0.05) is 25.7 Å². The van der Waals surface area contributed by atoms with Gasteiger partial charge in [-0.3, -0.25) is 37.3 Å². The summed E-state index contributed by atoms with van der Waals surface area (Å²) in [5.74, 6) is 0.345. The van der Waals surface area contributed by atoms with E-state index in [9.17, 15) is 43.2 Å². The van der Waals surface area contributed by atoms with Crippen molar-refractivity contribution in [3.63, 3.8) is 0 Å². The lowest BCUT2D eigenvalue weighted by Crippen LogP contribution is -2.30. The lowest BCUT2D eigenvalue weighted by molar-refractivity contribution is -0.161. The van der Waals surface area contributed by atoms with Gasteiger partial charge in [-0.05, 0) is 43.4 Å². The van der Waals surface area contributed by atoms with E-state index in [4.69, 9.17) is 37.0 Å². The van der Waals surface area contributed by atoms with Crippen LogP contribution in [0.15, 0.2) is 0 Å². The number of carbonyl (C=O) groups is 4. The summed E-state index contributed by atoms with van der Waals surface area (Å²) in [4.78, 5) is 73.0. The van der Waals surface area contributed by atoms with E-state index in [2.05, 4.69) is 48.5 Å². The average Bonchev–Trinajstić information content (AvgIpc) is 1.08. The van der Waals surface area contributed by atoms with Crippen LogP contribution in [0.1, 0.15) is 427 Å². The molecule has 101 heavy (non-hydrogen) atoms. The average molecular weight is 1480 g/mol. The van der Waals surface area contributed by atoms with Crippen molar-refractivity contribution in [2.45, 2.75) is 446 Å². The second-order valence-corrected chi connectivity index (χ2v) is 33.4. The van der Waals surface area contributed by atoms with E-state index in [1.54, 1.807) is 0 Å². The summed E-state index contributed by atoms with van der Waals surface area (Å²) in [5.41, 5.74) is 0. The fraction of sp³-hybridized carbons (Fsp3) is 0.951. The Kier molecular flexibility index (Phi) is 70.9. The number of esters is 4. The molecular formula is C82H160O17P2. The van der Waals surface area contributed by atoms with Gasteiger partial charge in [-0.15, -0.1) is 0 Å². The number of carbonyl (C=O) groups excluding carboxylic acids is 4. The lowest BCUT2D eigenvalue weighted by atomic mass is 9.99. The van der Waals surface area contributed by atoms with E-state index in [-0.39, 0.29) is 25.7 Å². The summed E-state index contributed by atoms with van der Waals surface area (Å²) in [6.07, 6.45) is 61.1. The van der Waals surface area contributed by atoms with Crippen LogP contribution < -0.4 is 0 Å². The number of phosphoric acid groups is 2. The van der Waals surface area contributed by atoms with Crippen LogP contribution in [0, 0.1) is 17.8 Å². The van der Waals surface area contributed by atoms with Crippen LogP contribution in [0.3, 0.4) is 0 Å². The third-order valence-corrected chi connectivity index (χ3v) is 21.8. The fourth-order valence-corrected chi connectivity index (χ4v) is 14.2. The van der Waals surface area contributed by atoms with E-state index < -0.39 is 97.5 Å². The molecule has 19 heteroatoms. The first-order chi connectivity index (χ1) is 48.8. The van der Waals surface area contributed by atoms with Gasteiger partial charge in [0.25, 0.3) is 0 Å². The van der Waals surface area contributed by atoms with E-state index in [0.29, 0.717) is 25.7 Å². The molecule has 0 saturated heterocycles. The van der Waals surface area contributed by atoms with Crippen LogP contribution in [-0.2, 0) is 65.4 Å². The topological polar surface area (TPSA) is 237 Å². The smallest absolute Gasteiger partial charge is 0.462 e. The lowest BCUT2D eigenvalue weighted by Gasteiger charge is -2.21. The van der Waals surface area contributed by atoms with Crippen molar-refractivity contribution in [3.05, 3.63) is 0 Å². The number of phosphoric ester groups is 2. The summed E-state index contributed by atoms with van der Waals surface area (Å²) < 4.78 is 68.7. The first kappa shape index (κ1) is 99.1. The molecule has 0 fully saturated rings. The molecule has 0 aromatic carbocycles. The van der Waals surface area contributed by atoms with Crippen LogP contribution in [0.25, 0.3) is 0 Å². The molecule has 0 bridgehead atoms. The third-order valence-electron chi connectivity index (χ3n) is 19.9. The minimum atomic E-state index is -4.96. The highest BCUT2D eigenvalue weighted by molar-refractivity contribution is 7.47. The third kappa shape index (κ3) is 73.4. The molecule has 0 spiro atoms. The highest BCUT2D eigenvalue weighted by Crippen LogP contribution is 2.45. The summed E-state index contributed by atoms with van der Waals surface area (Å²) >= 11 is 0. The Bertz CT molecular complexity index is 1960. The van der Waals surface area contributed by atoms with Crippen LogP contribution in [0.2, 0.25) is 0 Å². The zero-order valence-corrected chi connectivity index (χ0v) is 68.2. The molecule has 7 atom stereocenters. The summed E-state index contributed by atoms with van der Waals surface area (Å²) in [6, 6.07) is 0. The standard InChI is InChI=1S/C82H160O17P2/c1-8-11-12-13-14-32-42-49-56-63-79(84)92-69-77(99-82(87)66-59-52-45-38-31-33-39-46-53-60-73(4)5)71-96-100(88,89)94-67-76(83)68-95-101(90,91)97-72-78(70-93-80(85)64-57-50-43-36-29-25-22-21-24-28-35-41-48-55-62-75(7)10-3)98-81(86)65-58-51-44-37-30-26-20-18-16-15-17-19-23-27-34-40-47-54-61-74(6)9-2/h73-78,83H,8-72H2,1-7H3,(H,88,89)(H,90,91)/t74?,75?,76-,77+,78+/m0/s1. The van der Waals surface area contributed by atoms with Gasteiger partial charge in [-0.1, -0.05) is 376 Å². The van der Waals surface area contributed by atoms with Crippen LogP contribution in [-0.4, -0.2) is 96.7 Å². The van der Waals surface area contributed by atoms with Crippen molar-refractivity contribution in [1.29, 1.82) is 0 Å². The van der Waals surface area contributed by atoms with Gasteiger partial charge in [-0.2, -0.15) is 0 Å². The van der Waals surface area contributed by atoms with Crippen molar-refractivity contribution in [1.82, 2.24) is 0 Å². The van der Waals surface area contributed by atoms with E-state index in [0.717, 1.165) is 108 Å². The molecule has 600 valence electrons. The number of rotatable bonds is 80. The maximum absolute atomic E-state index is 13.1. The maximum Gasteiger partial charge on any atom is 0.472 e. The quantitative estimate of drug-likeness (QED) is 0.0222. The number of aliphatic hydroxyl groups excluding tert-OH is 1. The van der Waals surface area contributed by atoms with Crippen molar-refractivity contribution in [2.75, 3.05) is 39.6 Å². The summed E-state index contributed by atoms with van der Waals surface area (Å²) in [7, 11) is -9.92. The molecular weight excluding hydrogens is 1320 g/mol. The predicted molar refractivity (Wildman–Crippen MR) is 414 cm³/mol. The molecule has 4 unspecified atom stereocenters. The molecule has 0 amide bonds. The zero-order valence-electron chi connectivity index (χ0n) is 66.4. The highest BCUT2D eigenvalue weighted by Gasteiger charge is 2.30. The van der Waals surface area contributed by atoms with E-state index in [1.807, 2.05) is 0 Å². The Hall–Kier alpha value is -1.94. The molecule has 0 radical (unpaired) electrons. The van der Waals surface area contributed by atoms with Gasteiger partial charge in [0.05, 0.1) is 26.4 Å². The Balaban J connectivity index is 5.20. The number of aliphatic hydroxyl groups is 1.